The second-order valence-electron chi connectivity index (χ2n) is 3.64. The molecule has 1 amide bonds. The van der Waals surface area contributed by atoms with Crippen molar-refractivity contribution in [3.8, 4) is 0 Å². The molecule has 0 aromatic heterocycles. The van der Waals surface area contributed by atoms with E-state index in [1.807, 2.05) is 19.1 Å². The van der Waals surface area contributed by atoms with E-state index >= 15 is 0 Å². The first kappa shape index (κ1) is 12.2. The summed E-state index contributed by atoms with van der Waals surface area (Å²) in [5, 5.41) is 11.3. The molecule has 0 saturated heterocycles. The quantitative estimate of drug-likeness (QED) is 0.811. The van der Waals surface area contributed by atoms with Crippen molar-refractivity contribution < 1.29 is 14.7 Å². The summed E-state index contributed by atoms with van der Waals surface area (Å²) in [6, 6.07) is 6.17. The van der Waals surface area contributed by atoms with Crippen molar-refractivity contribution in [1.29, 1.82) is 0 Å². The van der Waals surface area contributed by atoms with Gasteiger partial charge in [0.1, 0.15) is 6.04 Å². The number of nitrogens with one attached hydrogen (secondary N) is 1. The summed E-state index contributed by atoms with van der Waals surface area (Å²) in [5.41, 5.74) is 1.53. The van der Waals surface area contributed by atoms with Gasteiger partial charge in [0, 0.05) is 5.56 Å². The number of hydrogen-bond donors (Lipinski definition) is 2. The van der Waals surface area contributed by atoms with Crippen LogP contribution in [-0.2, 0) is 4.79 Å². The Hall–Kier alpha value is -1.84. The molecule has 4 heteroatoms. The van der Waals surface area contributed by atoms with Gasteiger partial charge in [0.15, 0.2) is 0 Å². The van der Waals surface area contributed by atoms with Crippen LogP contribution in [0.15, 0.2) is 24.3 Å². The summed E-state index contributed by atoms with van der Waals surface area (Å²) in [6.07, 6.45) is 0.368. The zero-order valence-corrected chi connectivity index (χ0v) is 9.36. The number of carbonyl (C=O) groups excluding carboxylic acids is 1. The summed E-state index contributed by atoms with van der Waals surface area (Å²) in [5.74, 6) is -1.36. The van der Waals surface area contributed by atoms with E-state index in [1.165, 1.54) is 0 Å². The van der Waals surface area contributed by atoms with Gasteiger partial charge in [-0.3, -0.25) is 4.79 Å². The molecule has 0 aliphatic carbocycles. The lowest BCUT2D eigenvalue weighted by Crippen LogP contribution is -2.40. The Bertz CT molecular complexity index is 384. The molecule has 16 heavy (non-hydrogen) atoms. The van der Waals surface area contributed by atoms with Crippen molar-refractivity contribution in [2.45, 2.75) is 26.3 Å². The second kappa shape index (κ2) is 5.30. The van der Waals surface area contributed by atoms with E-state index in [9.17, 15) is 9.59 Å². The fraction of sp³-hybridized carbons (Fsp3) is 0.333. The third-order valence-electron chi connectivity index (χ3n) is 2.33. The minimum Gasteiger partial charge on any atom is -0.480 e. The van der Waals surface area contributed by atoms with Crippen molar-refractivity contribution in [2.24, 2.45) is 0 Å². The van der Waals surface area contributed by atoms with Gasteiger partial charge in [0.2, 0.25) is 0 Å². The number of rotatable bonds is 4. The van der Waals surface area contributed by atoms with E-state index in [0.717, 1.165) is 5.56 Å². The first-order valence-corrected chi connectivity index (χ1v) is 5.15. The fourth-order valence-electron chi connectivity index (χ4n) is 1.28. The summed E-state index contributed by atoms with van der Waals surface area (Å²) < 4.78 is 0. The van der Waals surface area contributed by atoms with E-state index < -0.39 is 12.0 Å². The van der Waals surface area contributed by atoms with Gasteiger partial charge in [-0.05, 0) is 25.5 Å². The SMILES string of the molecule is CCC(NC(=O)c1ccc(C)cc1)C(=O)O. The van der Waals surface area contributed by atoms with E-state index in [0.29, 0.717) is 12.0 Å². The van der Waals surface area contributed by atoms with Gasteiger partial charge in [0.25, 0.3) is 5.91 Å². The van der Waals surface area contributed by atoms with E-state index in [1.54, 1.807) is 19.1 Å². The van der Waals surface area contributed by atoms with Gasteiger partial charge in [-0.25, -0.2) is 4.79 Å². The van der Waals surface area contributed by atoms with E-state index in [-0.39, 0.29) is 5.91 Å². The minimum absolute atomic E-state index is 0.353. The Kier molecular flexibility index (Phi) is 4.05. The molecule has 0 bridgehead atoms. The average molecular weight is 221 g/mol. The van der Waals surface area contributed by atoms with Crippen LogP contribution in [0.3, 0.4) is 0 Å². The zero-order chi connectivity index (χ0) is 12.1. The summed E-state index contributed by atoms with van der Waals surface area (Å²) in [6.45, 7) is 3.64. The summed E-state index contributed by atoms with van der Waals surface area (Å²) >= 11 is 0. The molecule has 2 N–H and O–H groups in total. The van der Waals surface area contributed by atoms with Crippen LogP contribution >= 0.6 is 0 Å². The van der Waals surface area contributed by atoms with Crippen LogP contribution in [0.4, 0.5) is 0 Å². The Morgan fingerprint density at radius 2 is 1.88 bits per heavy atom. The normalized spacial score (nSPS) is 11.9. The highest BCUT2D eigenvalue weighted by molar-refractivity contribution is 5.96. The standard InChI is InChI=1S/C12H15NO3/c1-3-10(12(15)16)13-11(14)9-6-4-8(2)5-7-9/h4-7,10H,3H2,1-2H3,(H,13,14)(H,15,16). The molecule has 1 aromatic rings. The molecule has 1 aromatic carbocycles. The Balaban J connectivity index is 2.71. The number of carboxylic acids is 1. The largest absolute Gasteiger partial charge is 0.480 e. The monoisotopic (exact) mass is 221 g/mol. The predicted molar refractivity (Wildman–Crippen MR) is 60.4 cm³/mol. The molecular weight excluding hydrogens is 206 g/mol. The third kappa shape index (κ3) is 3.08. The summed E-state index contributed by atoms with van der Waals surface area (Å²) in [7, 11) is 0. The van der Waals surface area contributed by atoms with Gasteiger partial charge in [-0.1, -0.05) is 24.6 Å². The van der Waals surface area contributed by atoms with Gasteiger partial charge in [-0.2, -0.15) is 0 Å². The maximum Gasteiger partial charge on any atom is 0.326 e. The van der Waals surface area contributed by atoms with E-state index in [2.05, 4.69) is 5.32 Å². The topological polar surface area (TPSA) is 66.4 Å². The molecule has 0 aliphatic heterocycles. The molecule has 0 spiro atoms. The maximum absolute atomic E-state index is 11.7. The molecule has 86 valence electrons. The third-order valence-corrected chi connectivity index (χ3v) is 2.33. The number of carbonyl (C=O) groups is 2. The number of aryl methyl sites for hydroxylation is 1. The molecule has 0 aliphatic rings. The number of carboxylic acid groups (broad SMARTS) is 1. The Labute approximate surface area is 94.3 Å². The average Bonchev–Trinajstić information content (AvgIpc) is 2.26. The zero-order valence-electron chi connectivity index (χ0n) is 9.36. The molecule has 1 rings (SSSR count). The molecule has 0 heterocycles. The lowest BCUT2D eigenvalue weighted by Gasteiger charge is -2.12. The van der Waals surface area contributed by atoms with Crippen LogP contribution < -0.4 is 5.32 Å². The van der Waals surface area contributed by atoms with Crippen molar-refractivity contribution >= 4 is 11.9 Å². The van der Waals surface area contributed by atoms with Crippen LogP contribution in [0.1, 0.15) is 29.3 Å². The summed E-state index contributed by atoms with van der Waals surface area (Å²) in [4.78, 5) is 22.4. The van der Waals surface area contributed by atoms with Crippen LogP contribution in [0, 0.1) is 6.92 Å². The predicted octanol–water partition coefficient (Wildman–Crippen LogP) is 1.59. The van der Waals surface area contributed by atoms with Crippen molar-refractivity contribution in [1.82, 2.24) is 5.32 Å². The van der Waals surface area contributed by atoms with Crippen molar-refractivity contribution in [3.63, 3.8) is 0 Å². The molecule has 1 atom stereocenters. The lowest BCUT2D eigenvalue weighted by molar-refractivity contribution is -0.139. The number of aliphatic carboxylic acids is 1. The molecule has 1 unspecified atom stereocenters. The molecule has 0 fully saturated rings. The first-order valence-electron chi connectivity index (χ1n) is 5.15. The van der Waals surface area contributed by atoms with Crippen LogP contribution in [-0.4, -0.2) is 23.0 Å². The smallest absolute Gasteiger partial charge is 0.326 e. The highest BCUT2D eigenvalue weighted by Crippen LogP contribution is 2.04. The second-order valence-corrected chi connectivity index (χ2v) is 3.64. The minimum atomic E-state index is -1.01. The first-order chi connectivity index (χ1) is 7.54. The van der Waals surface area contributed by atoms with Gasteiger partial charge in [-0.15, -0.1) is 0 Å². The van der Waals surface area contributed by atoms with Crippen molar-refractivity contribution in [3.05, 3.63) is 35.4 Å². The number of benzene rings is 1. The van der Waals surface area contributed by atoms with Gasteiger partial charge in [0.05, 0.1) is 0 Å². The highest BCUT2D eigenvalue weighted by Gasteiger charge is 2.17. The number of hydrogen-bond acceptors (Lipinski definition) is 2. The van der Waals surface area contributed by atoms with Crippen LogP contribution in [0.2, 0.25) is 0 Å². The maximum atomic E-state index is 11.7. The molecule has 4 nitrogen and oxygen atoms in total. The fourth-order valence-corrected chi connectivity index (χ4v) is 1.28. The van der Waals surface area contributed by atoms with Crippen molar-refractivity contribution in [2.75, 3.05) is 0 Å². The molecular formula is C12H15NO3. The highest BCUT2D eigenvalue weighted by atomic mass is 16.4. The van der Waals surface area contributed by atoms with Crippen LogP contribution in [0.5, 0.6) is 0 Å². The van der Waals surface area contributed by atoms with Crippen LogP contribution in [0.25, 0.3) is 0 Å². The Morgan fingerprint density at radius 1 is 1.31 bits per heavy atom. The van der Waals surface area contributed by atoms with Gasteiger partial charge >= 0.3 is 5.97 Å². The molecule has 0 radical (unpaired) electrons. The van der Waals surface area contributed by atoms with Gasteiger partial charge < -0.3 is 10.4 Å². The number of amides is 1. The lowest BCUT2D eigenvalue weighted by atomic mass is 10.1. The molecule has 0 saturated carbocycles. The Morgan fingerprint density at radius 3 is 2.31 bits per heavy atom. The van der Waals surface area contributed by atoms with E-state index in [4.69, 9.17) is 5.11 Å².